The Labute approximate surface area is 158 Å². The van der Waals surface area contributed by atoms with Gasteiger partial charge in [0.25, 0.3) is 0 Å². The number of ether oxygens (including phenoxy) is 3. The van der Waals surface area contributed by atoms with Crippen molar-refractivity contribution in [2.24, 2.45) is 0 Å². The summed E-state index contributed by atoms with van der Waals surface area (Å²) in [6, 6.07) is 11.1. The molecule has 0 bridgehead atoms. The third-order valence-electron chi connectivity index (χ3n) is 4.32. The zero-order valence-corrected chi connectivity index (χ0v) is 16.2. The second kappa shape index (κ2) is 7.58. The molecular formula is C19H21NO6S. The molecule has 8 heteroatoms. The van der Waals surface area contributed by atoms with Gasteiger partial charge in [-0.2, -0.15) is 4.31 Å². The van der Waals surface area contributed by atoms with Gasteiger partial charge in [-0.25, -0.2) is 13.2 Å². The van der Waals surface area contributed by atoms with Crippen molar-refractivity contribution >= 4 is 16.0 Å². The van der Waals surface area contributed by atoms with E-state index in [4.69, 9.17) is 14.2 Å². The Bertz CT molecular complexity index is 939. The van der Waals surface area contributed by atoms with Crippen molar-refractivity contribution in [3.05, 3.63) is 53.6 Å². The number of hydrogen-bond acceptors (Lipinski definition) is 6. The average Bonchev–Trinajstić information content (AvgIpc) is 2.85. The predicted molar refractivity (Wildman–Crippen MR) is 98.5 cm³/mol. The molecule has 0 amide bonds. The molecule has 0 spiro atoms. The van der Waals surface area contributed by atoms with Crippen LogP contribution in [0.3, 0.4) is 0 Å². The summed E-state index contributed by atoms with van der Waals surface area (Å²) in [6.45, 7) is 2.13. The van der Waals surface area contributed by atoms with Gasteiger partial charge in [-0.05, 0) is 43.3 Å². The molecule has 3 rings (SSSR count). The lowest BCUT2D eigenvalue weighted by atomic mass is 10.1. The van der Waals surface area contributed by atoms with E-state index < -0.39 is 16.0 Å². The standard InChI is InChI=1S/C19H21NO6S/c1-13-11-20(27(22,23)17-8-6-16(24-2)7-9-17)12-15-5-4-14(19(21)25-3)10-18(15)26-13/h4-10,13H,11-12H2,1-3H3/t13-/m1/s1. The van der Waals surface area contributed by atoms with E-state index in [0.29, 0.717) is 22.6 Å². The number of esters is 1. The molecule has 1 heterocycles. The first-order chi connectivity index (χ1) is 12.8. The fourth-order valence-corrected chi connectivity index (χ4v) is 4.41. The third-order valence-corrected chi connectivity index (χ3v) is 6.15. The molecule has 2 aromatic carbocycles. The van der Waals surface area contributed by atoms with Crippen molar-refractivity contribution in [1.29, 1.82) is 0 Å². The Kier molecular flexibility index (Phi) is 5.38. The molecule has 0 saturated heterocycles. The number of sulfonamides is 1. The number of nitrogens with zero attached hydrogens (tertiary/aromatic N) is 1. The normalized spacial score (nSPS) is 17.4. The number of rotatable bonds is 4. The van der Waals surface area contributed by atoms with Crippen LogP contribution in [-0.2, 0) is 21.3 Å². The lowest BCUT2D eigenvalue weighted by Gasteiger charge is -2.21. The predicted octanol–water partition coefficient (Wildman–Crippen LogP) is 2.45. The van der Waals surface area contributed by atoms with Crippen LogP contribution < -0.4 is 9.47 Å². The topological polar surface area (TPSA) is 82.1 Å². The lowest BCUT2D eigenvalue weighted by Crippen LogP contribution is -2.36. The van der Waals surface area contributed by atoms with Crippen molar-refractivity contribution in [2.45, 2.75) is 24.5 Å². The first kappa shape index (κ1) is 19.2. The van der Waals surface area contributed by atoms with Gasteiger partial charge in [0.05, 0.1) is 31.2 Å². The molecule has 0 radical (unpaired) electrons. The van der Waals surface area contributed by atoms with E-state index in [2.05, 4.69) is 0 Å². The van der Waals surface area contributed by atoms with Gasteiger partial charge in [0, 0.05) is 12.1 Å². The van der Waals surface area contributed by atoms with E-state index in [1.165, 1.54) is 30.7 Å². The molecule has 1 aliphatic heterocycles. The van der Waals surface area contributed by atoms with Crippen LogP contribution in [0, 0.1) is 0 Å². The third kappa shape index (κ3) is 3.91. The minimum Gasteiger partial charge on any atom is -0.497 e. The van der Waals surface area contributed by atoms with E-state index >= 15 is 0 Å². The van der Waals surface area contributed by atoms with Crippen molar-refractivity contribution in [3.63, 3.8) is 0 Å². The van der Waals surface area contributed by atoms with Crippen molar-refractivity contribution in [3.8, 4) is 11.5 Å². The quantitative estimate of drug-likeness (QED) is 0.745. The fourth-order valence-electron chi connectivity index (χ4n) is 2.91. The van der Waals surface area contributed by atoms with Crippen LogP contribution in [0.2, 0.25) is 0 Å². The van der Waals surface area contributed by atoms with E-state index in [0.717, 1.165) is 0 Å². The second-order valence-electron chi connectivity index (χ2n) is 6.22. The first-order valence-electron chi connectivity index (χ1n) is 8.37. The minimum atomic E-state index is -3.71. The van der Waals surface area contributed by atoms with E-state index in [1.54, 1.807) is 37.3 Å². The van der Waals surface area contributed by atoms with E-state index in [9.17, 15) is 13.2 Å². The Hall–Kier alpha value is -2.58. The Morgan fingerprint density at radius 2 is 1.85 bits per heavy atom. The summed E-state index contributed by atoms with van der Waals surface area (Å²) in [6.07, 6.45) is -0.382. The Morgan fingerprint density at radius 1 is 1.15 bits per heavy atom. The molecule has 0 fully saturated rings. The molecule has 27 heavy (non-hydrogen) atoms. The number of fused-ring (bicyclic) bond motifs is 1. The minimum absolute atomic E-state index is 0.148. The largest absolute Gasteiger partial charge is 0.497 e. The molecule has 0 aromatic heterocycles. The summed E-state index contributed by atoms with van der Waals surface area (Å²) in [5, 5.41) is 0. The van der Waals surface area contributed by atoms with Gasteiger partial charge in [0.1, 0.15) is 17.6 Å². The number of carbonyl (C=O) groups excluding carboxylic acids is 1. The van der Waals surface area contributed by atoms with Gasteiger partial charge in [-0.1, -0.05) is 6.07 Å². The fraction of sp³-hybridized carbons (Fsp3) is 0.316. The van der Waals surface area contributed by atoms with Crippen LogP contribution >= 0.6 is 0 Å². The van der Waals surface area contributed by atoms with Gasteiger partial charge < -0.3 is 14.2 Å². The second-order valence-corrected chi connectivity index (χ2v) is 8.15. The molecule has 1 aliphatic rings. The molecular weight excluding hydrogens is 370 g/mol. The molecule has 2 aromatic rings. The zero-order chi connectivity index (χ0) is 19.6. The summed E-state index contributed by atoms with van der Waals surface area (Å²) < 4.78 is 43.2. The van der Waals surface area contributed by atoms with Crippen molar-refractivity contribution < 1.29 is 27.4 Å². The highest BCUT2D eigenvalue weighted by Gasteiger charge is 2.30. The van der Waals surface area contributed by atoms with Gasteiger partial charge in [0.15, 0.2) is 0 Å². The SMILES string of the molecule is COC(=O)c1ccc2c(c1)O[C@H](C)CN(S(=O)(=O)c1ccc(OC)cc1)C2. The van der Waals surface area contributed by atoms with E-state index in [1.807, 2.05) is 0 Å². The highest BCUT2D eigenvalue weighted by molar-refractivity contribution is 7.89. The lowest BCUT2D eigenvalue weighted by molar-refractivity contribution is 0.0600. The smallest absolute Gasteiger partial charge is 0.337 e. The maximum absolute atomic E-state index is 13.1. The highest BCUT2D eigenvalue weighted by Crippen LogP contribution is 2.30. The number of benzene rings is 2. The molecule has 144 valence electrons. The first-order valence-corrected chi connectivity index (χ1v) is 9.81. The van der Waals surface area contributed by atoms with Gasteiger partial charge in [0.2, 0.25) is 10.0 Å². The Morgan fingerprint density at radius 3 is 2.48 bits per heavy atom. The number of methoxy groups -OCH3 is 2. The summed E-state index contributed by atoms with van der Waals surface area (Å²) in [7, 11) is -0.880. The molecule has 0 N–H and O–H groups in total. The van der Waals surface area contributed by atoms with Gasteiger partial charge in [-0.15, -0.1) is 0 Å². The van der Waals surface area contributed by atoms with Crippen LogP contribution in [0.1, 0.15) is 22.8 Å². The maximum Gasteiger partial charge on any atom is 0.337 e. The van der Waals surface area contributed by atoms with Gasteiger partial charge in [-0.3, -0.25) is 0 Å². The monoisotopic (exact) mass is 391 g/mol. The molecule has 0 aliphatic carbocycles. The summed E-state index contributed by atoms with van der Waals surface area (Å²) in [5.74, 6) is 0.598. The van der Waals surface area contributed by atoms with Crippen LogP contribution in [0.5, 0.6) is 11.5 Å². The number of carbonyl (C=O) groups is 1. The van der Waals surface area contributed by atoms with Crippen LogP contribution in [-0.4, -0.2) is 45.6 Å². The summed E-state index contributed by atoms with van der Waals surface area (Å²) >= 11 is 0. The maximum atomic E-state index is 13.1. The molecule has 0 unspecified atom stereocenters. The summed E-state index contributed by atoms with van der Waals surface area (Å²) in [4.78, 5) is 11.9. The van der Waals surface area contributed by atoms with Crippen LogP contribution in [0.15, 0.2) is 47.4 Å². The molecule has 1 atom stereocenters. The molecule has 0 saturated carbocycles. The summed E-state index contributed by atoms with van der Waals surface area (Å²) in [5.41, 5.74) is 1.04. The number of hydrogen-bond donors (Lipinski definition) is 0. The van der Waals surface area contributed by atoms with E-state index in [-0.39, 0.29) is 24.1 Å². The van der Waals surface area contributed by atoms with Crippen LogP contribution in [0.25, 0.3) is 0 Å². The van der Waals surface area contributed by atoms with Crippen molar-refractivity contribution in [2.75, 3.05) is 20.8 Å². The van der Waals surface area contributed by atoms with Crippen molar-refractivity contribution in [1.82, 2.24) is 4.31 Å². The highest BCUT2D eigenvalue weighted by atomic mass is 32.2. The van der Waals surface area contributed by atoms with Gasteiger partial charge >= 0.3 is 5.97 Å². The average molecular weight is 391 g/mol. The zero-order valence-electron chi connectivity index (χ0n) is 15.3. The molecule has 7 nitrogen and oxygen atoms in total. The Balaban J connectivity index is 1.94. The van der Waals surface area contributed by atoms with Crippen LogP contribution in [0.4, 0.5) is 0 Å².